The molecule has 0 radical (unpaired) electrons. The van der Waals surface area contributed by atoms with E-state index in [1.807, 2.05) is 23.6 Å². The Balaban J connectivity index is 1.96. The number of likely N-dealkylation sites (tertiary alicyclic amines) is 1. The molecule has 18 heavy (non-hydrogen) atoms. The summed E-state index contributed by atoms with van der Waals surface area (Å²) in [6.07, 6.45) is 0. The molecule has 1 unspecified atom stereocenters. The normalized spacial score (nSPS) is 32.7. The van der Waals surface area contributed by atoms with Gasteiger partial charge < -0.3 is 14.9 Å². The molecule has 2 aliphatic rings. The minimum absolute atomic E-state index is 0.0118. The maximum Gasteiger partial charge on any atom is 0.320 e. The maximum atomic E-state index is 12.3. The Bertz CT molecular complexity index is 350. The Morgan fingerprint density at radius 1 is 1.17 bits per heavy atom. The number of hydrogen-bond donors (Lipinski definition) is 1. The molecule has 0 aromatic rings. The van der Waals surface area contributed by atoms with Crippen LogP contribution in [0.2, 0.25) is 0 Å². The van der Waals surface area contributed by atoms with Gasteiger partial charge in [-0.25, -0.2) is 4.79 Å². The van der Waals surface area contributed by atoms with Crippen LogP contribution in [-0.4, -0.2) is 64.1 Å². The van der Waals surface area contributed by atoms with E-state index in [2.05, 4.69) is 6.92 Å². The number of carbonyl (C=O) groups is 2. The van der Waals surface area contributed by atoms with Crippen molar-refractivity contribution >= 4 is 23.8 Å². The molecule has 5 nitrogen and oxygen atoms in total. The van der Waals surface area contributed by atoms with Gasteiger partial charge in [0.25, 0.3) is 0 Å². The fourth-order valence-corrected chi connectivity index (χ4v) is 3.65. The standard InChI is InChI=1S/C12H20N2O3S/c1-8-5-14(7-10(8)11(15)16)12(17)13-3-4-18-9(2)6-13/h8-10H,3-7H2,1-2H3,(H,15,16)/t8-,9?,10-/m1/s1. The monoisotopic (exact) mass is 272 g/mol. The molecule has 2 heterocycles. The Labute approximate surface area is 112 Å². The second-order valence-corrected chi connectivity index (χ2v) is 6.78. The molecule has 2 aliphatic heterocycles. The number of carboxylic acids is 1. The van der Waals surface area contributed by atoms with Crippen LogP contribution < -0.4 is 0 Å². The first-order valence-corrected chi connectivity index (χ1v) is 7.42. The predicted molar refractivity (Wildman–Crippen MR) is 70.8 cm³/mol. The molecule has 2 fully saturated rings. The van der Waals surface area contributed by atoms with Crippen molar-refractivity contribution in [1.82, 2.24) is 9.80 Å². The van der Waals surface area contributed by atoms with Crippen molar-refractivity contribution in [3.63, 3.8) is 0 Å². The SMILES string of the molecule is CC1CN(C(=O)N2C[C@@H](C)[C@H](C(=O)O)C2)CCS1. The molecule has 2 amide bonds. The first-order valence-electron chi connectivity index (χ1n) is 6.37. The molecule has 0 aromatic carbocycles. The summed E-state index contributed by atoms with van der Waals surface area (Å²) in [5.74, 6) is -0.187. The van der Waals surface area contributed by atoms with Gasteiger partial charge in [-0.05, 0) is 5.92 Å². The number of hydrogen-bond acceptors (Lipinski definition) is 3. The van der Waals surface area contributed by atoms with Crippen LogP contribution in [-0.2, 0) is 4.79 Å². The largest absolute Gasteiger partial charge is 0.481 e. The second kappa shape index (κ2) is 5.38. The van der Waals surface area contributed by atoms with Crippen molar-refractivity contribution < 1.29 is 14.7 Å². The van der Waals surface area contributed by atoms with Crippen LogP contribution in [0.4, 0.5) is 4.79 Å². The molecule has 0 saturated carbocycles. The van der Waals surface area contributed by atoms with Crippen LogP contribution in [0.25, 0.3) is 0 Å². The number of aliphatic carboxylic acids is 1. The van der Waals surface area contributed by atoms with E-state index in [1.54, 1.807) is 4.90 Å². The second-order valence-electron chi connectivity index (χ2n) is 5.24. The van der Waals surface area contributed by atoms with Gasteiger partial charge in [0.2, 0.25) is 0 Å². The fourth-order valence-electron chi connectivity index (χ4n) is 2.64. The third-order valence-corrected chi connectivity index (χ3v) is 4.85. The third-order valence-electron chi connectivity index (χ3n) is 3.71. The third kappa shape index (κ3) is 2.74. The highest BCUT2D eigenvalue weighted by Gasteiger charge is 2.38. The lowest BCUT2D eigenvalue weighted by Gasteiger charge is -2.33. The van der Waals surface area contributed by atoms with Gasteiger partial charge in [-0.1, -0.05) is 13.8 Å². The summed E-state index contributed by atoms with van der Waals surface area (Å²) in [5, 5.41) is 9.55. The van der Waals surface area contributed by atoms with E-state index in [9.17, 15) is 9.59 Å². The number of thioether (sulfide) groups is 1. The van der Waals surface area contributed by atoms with Crippen molar-refractivity contribution in [1.29, 1.82) is 0 Å². The summed E-state index contributed by atoms with van der Waals surface area (Å²) in [5.41, 5.74) is 0. The van der Waals surface area contributed by atoms with Crippen LogP contribution in [0.1, 0.15) is 13.8 Å². The molecular formula is C12H20N2O3S. The molecule has 3 atom stereocenters. The van der Waals surface area contributed by atoms with Gasteiger partial charge >= 0.3 is 12.0 Å². The first kappa shape index (κ1) is 13.5. The van der Waals surface area contributed by atoms with Gasteiger partial charge in [0.05, 0.1) is 5.92 Å². The number of carboxylic acid groups (broad SMARTS) is 1. The van der Waals surface area contributed by atoms with Crippen molar-refractivity contribution in [3.8, 4) is 0 Å². The highest BCUT2D eigenvalue weighted by atomic mass is 32.2. The lowest BCUT2D eigenvalue weighted by Crippen LogP contribution is -2.47. The zero-order chi connectivity index (χ0) is 13.3. The Kier molecular flexibility index (Phi) is 4.04. The smallest absolute Gasteiger partial charge is 0.320 e. The van der Waals surface area contributed by atoms with Gasteiger partial charge in [0.15, 0.2) is 0 Å². The minimum atomic E-state index is -0.791. The average Bonchev–Trinajstić information content (AvgIpc) is 2.70. The first-order chi connectivity index (χ1) is 8.49. The van der Waals surface area contributed by atoms with E-state index < -0.39 is 11.9 Å². The number of carbonyl (C=O) groups excluding carboxylic acids is 1. The molecule has 102 valence electrons. The summed E-state index contributed by atoms with van der Waals surface area (Å²) in [6.45, 7) is 6.49. The van der Waals surface area contributed by atoms with Gasteiger partial charge in [-0.15, -0.1) is 0 Å². The van der Waals surface area contributed by atoms with Crippen molar-refractivity contribution in [2.24, 2.45) is 11.8 Å². The maximum absolute atomic E-state index is 12.3. The van der Waals surface area contributed by atoms with Gasteiger partial charge in [0, 0.05) is 37.2 Å². The lowest BCUT2D eigenvalue weighted by molar-refractivity contribution is -0.142. The quantitative estimate of drug-likeness (QED) is 0.779. The zero-order valence-electron chi connectivity index (χ0n) is 10.8. The number of amides is 2. The highest BCUT2D eigenvalue weighted by molar-refractivity contribution is 7.99. The molecule has 0 aliphatic carbocycles. The van der Waals surface area contributed by atoms with Crippen LogP contribution in [0.5, 0.6) is 0 Å². The number of urea groups is 1. The topological polar surface area (TPSA) is 60.9 Å². The summed E-state index contributed by atoms with van der Waals surface area (Å²) < 4.78 is 0. The van der Waals surface area contributed by atoms with Crippen molar-refractivity contribution in [2.45, 2.75) is 19.1 Å². The molecule has 0 spiro atoms. The number of rotatable bonds is 1. The van der Waals surface area contributed by atoms with E-state index in [-0.39, 0.29) is 11.9 Å². The van der Waals surface area contributed by atoms with Gasteiger partial charge in [0.1, 0.15) is 0 Å². The highest BCUT2D eigenvalue weighted by Crippen LogP contribution is 2.26. The van der Waals surface area contributed by atoms with E-state index in [0.717, 1.165) is 18.8 Å². The zero-order valence-corrected chi connectivity index (χ0v) is 11.7. The summed E-state index contributed by atoms with van der Waals surface area (Å²) in [7, 11) is 0. The van der Waals surface area contributed by atoms with E-state index in [4.69, 9.17) is 5.11 Å². The number of nitrogens with zero attached hydrogens (tertiary/aromatic N) is 2. The summed E-state index contributed by atoms with van der Waals surface area (Å²) >= 11 is 1.88. The molecule has 1 N–H and O–H groups in total. The Hall–Kier alpha value is -0.910. The minimum Gasteiger partial charge on any atom is -0.481 e. The van der Waals surface area contributed by atoms with Crippen LogP contribution in [0.3, 0.4) is 0 Å². The van der Waals surface area contributed by atoms with E-state index in [1.165, 1.54) is 0 Å². The summed E-state index contributed by atoms with van der Waals surface area (Å²) in [6, 6.07) is 0.0118. The van der Waals surface area contributed by atoms with Gasteiger partial charge in [-0.3, -0.25) is 4.79 Å². The lowest BCUT2D eigenvalue weighted by atomic mass is 9.99. The molecular weight excluding hydrogens is 252 g/mol. The van der Waals surface area contributed by atoms with Crippen molar-refractivity contribution in [3.05, 3.63) is 0 Å². The van der Waals surface area contributed by atoms with Crippen LogP contribution in [0.15, 0.2) is 0 Å². The fraction of sp³-hybridized carbons (Fsp3) is 0.833. The van der Waals surface area contributed by atoms with E-state index in [0.29, 0.717) is 18.3 Å². The van der Waals surface area contributed by atoms with E-state index >= 15 is 0 Å². The van der Waals surface area contributed by atoms with Crippen LogP contribution >= 0.6 is 11.8 Å². The Morgan fingerprint density at radius 3 is 2.44 bits per heavy atom. The molecule has 2 rings (SSSR count). The van der Waals surface area contributed by atoms with Crippen LogP contribution in [0, 0.1) is 11.8 Å². The Morgan fingerprint density at radius 2 is 1.89 bits per heavy atom. The molecule has 0 bridgehead atoms. The van der Waals surface area contributed by atoms with Crippen molar-refractivity contribution in [2.75, 3.05) is 31.9 Å². The molecule has 6 heteroatoms. The van der Waals surface area contributed by atoms with Gasteiger partial charge in [-0.2, -0.15) is 11.8 Å². The molecule has 2 saturated heterocycles. The molecule has 0 aromatic heterocycles. The summed E-state index contributed by atoms with van der Waals surface area (Å²) in [4.78, 5) is 26.9. The average molecular weight is 272 g/mol. The predicted octanol–water partition coefficient (Wildman–Crippen LogP) is 1.20.